The third-order valence-corrected chi connectivity index (χ3v) is 7.00. The molecule has 0 saturated carbocycles. The van der Waals surface area contributed by atoms with Crippen LogP contribution in [0, 0.1) is 12.3 Å². The van der Waals surface area contributed by atoms with Gasteiger partial charge in [-0.15, -0.1) is 6.42 Å². The number of carboxylic acid groups (broad SMARTS) is 1. The van der Waals surface area contributed by atoms with Crippen molar-refractivity contribution in [3.8, 4) is 12.3 Å². The van der Waals surface area contributed by atoms with Gasteiger partial charge in [0.25, 0.3) is 11.8 Å². The van der Waals surface area contributed by atoms with Crippen LogP contribution in [0.15, 0.2) is 48.5 Å². The van der Waals surface area contributed by atoms with Gasteiger partial charge in [0.2, 0.25) is 5.54 Å². The van der Waals surface area contributed by atoms with E-state index in [0.717, 1.165) is 0 Å². The predicted molar refractivity (Wildman–Crippen MR) is 133 cm³/mol. The smallest absolute Gasteiger partial charge is 0.420 e. The highest BCUT2D eigenvalue weighted by Gasteiger charge is 2.68. The maximum atomic E-state index is 13.4. The highest BCUT2D eigenvalue weighted by Crippen LogP contribution is 2.49. The molecule has 3 atom stereocenters. The minimum atomic E-state index is -1.74. The number of benzene rings is 2. The minimum absolute atomic E-state index is 0.0368. The molecule has 2 saturated heterocycles. The molecule has 2 aliphatic heterocycles. The van der Waals surface area contributed by atoms with Gasteiger partial charge >= 0.3 is 12.0 Å². The van der Waals surface area contributed by atoms with E-state index < -0.39 is 40.6 Å². The summed E-state index contributed by atoms with van der Waals surface area (Å²) in [4.78, 5) is 51.7. The maximum Gasteiger partial charge on any atom is 0.420 e. The standard InChI is InChI=1S/C26H26N4O7/c1-2-17-3-9-20(10-4-17)30(25(28)35)14-21(37-16-23(32)33)13-26(30,24(27)34)18-5-7-19(8-6-18)29-11-12-36-15-22(29)31/h1,3-10,21H,11-16H2,(H4-,27,28,32,33,34,35)/p+1/t21-,26-,30?/m1/s1. The van der Waals surface area contributed by atoms with Gasteiger partial charge in [-0.3, -0.25) is 9.59 Å². The fourth-order valence-corrected chi connectivity index (χ4v) is 5.33. The zero-order valence-corrected chi connectivity index (χ0v) is 20.0. The largest absolute Gasteiger partial charge is 0.480 e. The summed E-state index contributed by atoms with van der Waals surface area (Å²) in [5.41, 5.74) is 12.2. The van der Waals surface area contributed by atoms with Crippen LogP contribution in [0.4, 0.5) is 16.2 Å². The lowest BCUT2D eigenvalue weighted by atomic mass is 9.83. The molecule has 0 aromatic heterocycles. The number of morpholine rings is 1. The van der Waals surface area contributed by atoms with Crippen LogP contribution in [-0.2, 0) is 29.4 Å². The number of carbonyl (C=O) groups excluding carboxylic acids is 3. The molecule has 1 unspecified atom stereocenters. The Morgan fingerprint density at radius 1 is 1.16 bits per heavy atom. The fraction of sp³-hybridized carbons (Fsp3) is 0.308. The van der Waals surface area contributed by atoms with E-state index in [-0.39, 0.29) is 25.5 Å². The van der Waals surface area contributed by atoms with Gasteiger partial charge < -0.3 is 30.9 Å². The van der Waals surface area contributed by atoms with Crippen LogP contribution in [0.1, 0.15) is 17.5 Å². The molecule has 4 amide bonds. The Hall–Kier alpha value is -4.24. The zero-order valence-electron chi connectivity index (χ0n) is 20.0. The molecule has 0 spiro atoms. The SMILES string of the molecule is C#Cc1ccc([N+]2(C(N)=O)C[C@H](OCC(=O)O)C[C@]2(C(N)=O)c2ccc(N3CCOCC3=O)cc2)cc1. The molecule has 2 aliphatic rings. The van der Waals surface area contributed by atoms with Gasteiger partial charge in [0.15, 0.2) is 0 Å². The highest BCUT2D eigenvalue weighted by molar-refractivity contribution is 6.00. The second-order valence-electron chi connectivity index (χ2n) is 8.92. The molecule has 5 N–H and O–H groups in total. The number of nitrogens with two attached hydrogens (primary N) is 2. The van der Waals surface area contributed by atoms with Gasteiger partial charge in [0.05, 0.1) is 6.61 Å². The number of carbonyl (C=O) groups is 4. The van der Waals surface area contributed by atoms with E-state index in [9.17, 15) is 19.2 Å². The number of amides is 4. The molecule has 2 heterocycles. The summed E-state index contributed by atoms with van der Waals surface area (Å²) in [6.07, 6.45) is 4.53. The van der Waals surface area contributed by atoms with E-state index in [1.165, 1.54) is 0 Å². The van der Waals surface area contributed by atoms with Gasteiger partial charge in [-0.25, -0.2) is 9.59 Å². The first-order valence-electron chi connectivity index (χ1n) is 11.5. The molecule has 4 rings (SSSR count). The Kier molecular flexibility index (Phi) is 7.00. The van der Waals surface area contributed by atoms with Gasteiger partial charge in [0.1, 0.15) is 31.5 Å². The zero-order chi connectivity index (χ0) is 26.8. The van der Waals surface area contributed by atoms with Crippen LogP contribution in [0.3, 0.4) is 0 Å². The molecule has 2 fully saturated rings. The summed E-state index contributed by atoms with van der Waals surface area (Å²) in [7, 11) is 0. The summed E-state index contributed by atoms with van der Waals surface area (Å²) >= 11 is 0. The molecule has 2 aromatic rings. The number of urea groups is 1. The van der Waals surface area contributed by atoms with Crippen molar-refractivity contribution in [3.63, 3.8) is 0 Å². The van der Waals surface area contributed by atoms with Crippen LogP contribution in [-0.4, -0.2) is 67.9 Å². The number of hydrogen-bond donors (Lipinski definition) is 3. The molecule has 11 nitrogen and oxygen atoms in total. The fourth-order valence-electron chi connectivity index (χ4n) is 5.33. The second-order valence-corrected chi connectivity index (χ2v) is 8.92. The Balaban J connectivity index is 1.88. The van der Waals surface area contributed by atoms with E-state index in [2.05, 4.69) is 5.92 Å². The quantitative estimate of drug-likeness (QED) is 0.366. The van der Waals surface area contributed by atoms with E-state index in [0.29, 0.717) is 35.7 Å². The van der Waals surface area contributed by atoms with Crippen molar-refractivity contribution in [1.29, 1.82) is 0 Å². The van der Waals surface area contributed by atoms with Crippen molar-refractivity contribution >= 4 is 35.2 Å². The number of terminal acetylenes is 1. The lowest BCUT2D eigenvalue weighted by molar-refractivity contribution is -0.144. The molecule has 11 heteroatoms. The van der Waals surface area contributed by atoms with Crippen molar-refractivity contribution < 1.29 is 33.8 Å². The van der Waals surface area contributed by atoms with Crippen LogP contribution in [0.2, 0.25) is 0 Å². The molecular formula is C26H27N4O7+. The number of quaternary nitrogens is 1. The third kappa shape index (κ3) is 4.31. The van der Waals surface area contributed by atoms with Crippen LogP contribution >= 0.6 is 0 Å². The van der Waals surface area contributed by atoms with E-state index in [1.807, 2.05) is 0 Å². The summed E-state index contributed by atoms with van der Waals surface area (Å²) in [5.74, 6) is 0.247. The number of carboxylic acids is 1. The Bertz CT molecular complexity index is 1270. The van der Waals surface area contributed by atoms with Crippen molar-refractivity contribution in [2.45, 2.75) is 18.1 Å². The Morgan fingerprint density at radius 2 is 1.84 bits per heavy atom. The maximum absolute atomic E-state index is 13.4. The van der Waals surface area contributed by atoms with Crippen LogP contribution < -0.4 is 20.9 Å². The number of primary amides is 2. The number of aliphatic carboxylic acids is 1. The third-order valence-electron chi connectivity index (χ3n) is 7.00. The lowest BCUT2D eigenvalue weighted by Gasteiger charge is -2.42. The predicted octanol–water partition coefficient (Wildman–Crippen LogP) is 0.671. The molecule has 37 heavy (non-hydrogen) atoms. The Morgan fingerprint density at radius 3 is 2.38 bits per heavy atom. The molecule has 0 aliphatic carbocycles. The number of anilines is 1. The molecule has 192 valence electrons. The Labute approximate surface area is 213 Å². The average Bonchev–Trinajstić information content (AvgIpc) is 3.26. The second kappa shape index (κ2) is 10.0. The van der Waals surface area contributed by atoms with Gasteiger partial charge in [-0.2, -0.15) is 4.48 Å². The number of nitrogens with zero attached hydrogens (tertiary/aromatic N) is 2. The first-order valence-corrected chi connectivity index (χ1v) is 11.5. The minimum Gasteiger partial charge on any atom is -0.480 e. The van der Waals surface area contributed by atoms with Gasteiger partial charge in [-0.1, -0.05) is 18.1 Å². The lowest BCUT2D eigenvalue weighted by Crippen LogP contribution is -2.70. The van der Waals surface area contributed by atoms with Crippen molar-refractivity contribution in [2.24, 2.45) is 11.5 Å². The molecular weight excluding hydrogens is 480 g/mol. The summed E-state index contributed by atoms with van der Waals surface area (Å²) in [6, 6.07) is 12.1. The van der Waals surface area contributed by atoms with Crippen LogP contribution in [0.5, 0.6) is 0 Å². The first kappa shape index (κ1) is 25.8. The molecule has 0 radical (unpaired) electrons. The van der Waals surface area contributed by atoms with Crippen molar-refractivity contribution in [2.75, 3.05) is 37.8 Å². The first-order chi connectivity index (χ1) is 17.7. The topological polar surface area (TPSA) is 162 Å². The van der Waals surface area contributed by atoms with Crippen molar-refractivity contribution in [3.05, 3.63) is 59.7 Å². The average molecular weight is 508 g/mol. The van der Waals surface area contributed by atoms with E-state index in [4.69, 9.17) is 32.5 Å². The van der Waals surface area contributed by atoms with Gasteiger partial charge in [-0.05, 0) is 24.3 Å². The normalized spacial score (nSPS) is 25.4. The molecule has 2 aromatic carbocycles. The van der Waals surface area contributed by atoms with E-state index in [1.54, 1.807) is 53.4 Å². The van der Waals surface area contributed by atoms with E-state index >= 15 is 0 Å². The number of ether oxygens (including phenoxy) is 2. The highest BCUT2D eigenvalue weighted by atomic mass is 16.5. The number of likely N-dealkylation sites (tertiary alicyclic amines) is 1. The molecule has 0 bridgehead atoms. The summed E-state index contributed by atoms with van der Waals surface area (Å²) in [5, 5.41) is 9.15. The van der Waals surface area contributed by atoms with Gasteiger partial charge in [0, 0.05) is 41.9 Å². The summed E-state index contributed by atoms with van der Waals surface area (Å²) in [6.45, 7) is -0.0500. The monoisotopic (exact) mass is 507 g/mol. The number of rotatable bonds is 7. The number of hydrogen-bond acceptors (Lipinski definition) is 6. The summed E-state index contributed by atoms with van der Waals surface area (Å²) < 4.78 is 10.0. The van der Waals surface area contributed by atoms with Crippen molar-refractivity contribution in [1.82, 2.24) is 4.48 Å². The van der Waals surface area contributed by atoms with Crippen LogP contribution in [0.25, 0.3) is 0 Å².